The molecule has 112 valence electrons. The normalized spacial score (nSPS) is 10.3. The minimum Gasteiger partial charge on any atom is -0.496 e. The maximum atomic E-state index is 11.8. The summed E-state index contributed by atoms with van der Waals surface area (Å²) in [7, 11) is 1.57. The van der Waals surface area contributed by atoms with Crippen LogP contribution < -0.4 is 10.1 Å². The summed E-state index contributed by atoms with van der Waals surface area (Å²) in [4.78, 5) is 11.8. The predicted molar refractivity (Wildman–Crippen MR) is 83.7 cm³/mol. The van der Waals surface area contributed by atoms with Crippen molar-refractivity contribution in [1.29, 1.82) is 0 Å². The molecule has 1 rings (SSSR count). The number of aliphatic hydroxyl groups excluding tert-OH is 1. The largest absolute Gasteiger partial charge is 0.496 e. The maximum Gasteiger partial charge on any atom is 0.224 e. The second-order valence-electron chi connectivity index (χ2n) is 4.17. The second-order valence-corrected chi connectivity index (χ2v) is 5.83. The molecule has 0 aliphatic heterocycles. The third-order valence-corrected chi connectivity index (χ3v) is 3.91. The van der Waals surface area contributed by atoms with E-state index < -0.39 is 0 Å². The lowest BCUT2D eigenvalue weighted by atomic mass is 10.1. The van der Waals surface area contributed by atoms with Crippen LogP contribution in [0.2, 0.25) is 5.02 Å². The third-order valence-electron chi connectivity index (χ3n) is 2.61. The number of rotatable bonds is 9. The predicted octanol–water partition coefficient (Wildman–Crippen LogP) is 2.12. The zero-order valence-electron chi connectivity index (χ0n) is 11.5. The van der Waals surface area contributed by atoms with E-state index in [0.717, 1.165) is 23.5 Å². The molecule has 0 heterocycles. The molecule has 0 radical (unpaired) electrons. The molecule has 0 saturated heterocycles. The van der Waals surface area contributed by atoms with Gasteiger partial charge in [0.2, 0.25) is 5.91 Å². The number of carbonyl (C=O) groups excluding carboxylic acids is 1. The van der Waals surface area contributed by atoms with Crippen LogP contribution in [-0.4, -0.2) is 42.8 Å². The van der Waals surface area contributed by atoms with Gasteiger partial charge in [0.15, 0.2) is 0 Å². The monoisotopic (exact) mass is 317 g/mol. The number of benzene rings is 1. The fourth-order valence-electron chi connectivity index (χ4n) is 1.65. The van der Waals surface area contributed by atoms with Gasteiger partial charge < -0.3 is 15.2 Å². The fourth-order valence-corrected chi connectivity index (χ4v) is 2.63. The number of halogens is 1. The first kappa shape index (κ1) is 17.1. The van der Waals surface area contributed by atoms with Crippen LogP contribution in [0.1, 0.15) is 12.0 Å². The van der Waals surface area contributed by atoms with Crippen LogP contribution in [0.3, 0.4) is 0 Å². The summed E-state index contributed by atoms with van der Waals surface area (Å²) in [5.74, 6) is 2.38. The first-order valence-corrected chi connectivity index (χ1v) is 7.98. The Bertz CT molecular complexity index is 429. The van der Waals surface area contributed by atoms with Gasteiger partial charge in [0.25, 0.3) is 0 Å². The SMILES string of the molecule is COc1ccc(Cl)cc1CC(=O)NCCSCCCO. The Hall–Kier alpha value is -0.910. The van der Waals surface area contributed by atoms with E-state index in [4.69, 9.17) is 21.4 Å². The van der Waals surface area contributed by atoms with Gasteiger partial charge in [-0.3, -0.25) is 4.79 Å². The van der Waals surface area contributed by atoms with Gasteiger partial charge in [-0.1, -0.05) is 11.6 Å². The molecule has 2 N–H and O–H groups in total. The van der Waals surface area contributed by atoms with Crippen molar-refractivity contribution in [2.45, 2.75) is 12.8 Å². The third kappa shape index (κ3) is 6.50. The summed E-state index contributed by atoms with van der Waals surface area (Å²) in [5, 5.41) is 12.1. The Morgan fingerprint density at radius 2 is 2.25 bits per heavy atom. The lowest BCUT2D eigenvalue weighted by molar-refractivity contribution is -0.120. The summed E-state index contributed by atoms with van der Waals surface area (Å²) in [6.45, 7) is 0.839. The highest BCUT2D eigenvalue weighted by Gasteiger charge is 2.09. The number of hydrogen-bond acceptors (Lipinski definition) is 4. The van der Waals surface area contributed by atoms with Crippen molar-refractivity contribution in [3.8, 4) is 5.75 Å². The number of amides is 1. The smallest absolute Gasteiger partial charge is 0.224 e. The van der Waals surface area contributed by atoms with Crippen molar-refractivity contribution in [3.05, 3.63) is 28.8 Å². The maximum absolute atomic E-state index is 11.8. The van der Waals surface area contributed by atoms with Crippen molar-refractivity contribution in [3.63, 3.8) is 0 Å². The molecule has 0 bridgehead atoms. The summed E-state index contributed by atoms with van der Waals surface area (Å²) in [6.07, 6.45) is 1.05. The molecule has 0 aliphatic carbocycles. The van der Waals surface area contributed by atoms with Crippen molar-refractivity contribution < 1.29 is 14.6 Å². The molecule has 0 saturated carbocycles. The van der Waals surface area contributed by atoms with Crippen LogP contribution in [0, 0.1) is 0 Å². The topological polar surface area (TPSA) is 58.6 Å². The van der Waals surface area contributed by atoms with E-state index in [9.17, 15) is 4.79 Å². The van der Waals surface area contributed by atoms with Crippen molar-refractivity contribution >= 4 is 29.3 Å². The number of carbonyl (C=O) groups is 1. The molecule has 0 aliphatic rings. The van der Waals surface area contributed by atoms with E-state index in [1.165, 1.54) is 0 Å². The van der Waals surface area contributed by atoms with Gasteiger partial charge >= 0.3 is 0 Å². The molecule has 0 spiro atoms. The van der Waals surface area contributed by atoms with Gasteiger partial charge in [-0.05, 0) is 30.4 Å². The number of thioether (sulfide) groups is 1. The van der Waals surface area contributed by atoms with Crippen LogP contribution in [0.25, 0.3) is 0 Å². The lowest BCUT2D eigenvalue weighted by Gasteiger charge is -2.09. The van der Waals surface area contributed by atoms with Crippen LogP contribution in [0.5, 0.6) is 5.75 Å². The number of methoxy groups -OCH3 is 1. The minimum absolute atomic E-state index is 0.0478. The second kappa shape index (κ2) is 9.91. The van der Waals surface area contributed by atoms with Gasteiger partial charge in [-0.2, -0.15) is 11.8 Å². The Labute approximate surface area is 128 Å². The zero-order valence-corrected chi connectivity index (χ0v) is 13.1. The summed E-state index contributed by atoms with van der Waals surface area (Å²) >= 11 is 7.64. The lowest BCUT2D eigenvalue weighted by Crippen LogP contribution is -2.27. The van der Waals surface area contributed by atoms with Crippen LogP contribution in [0.15, 0.2) is 18.2 Å². The number of ether oxygens (including phenoxy) is 1. The quantitative estimate of drug-likeness (QED) is 0.685. The van der Waals surface area contributed by atoms with E-state index in [0.29, 0.717) is 17.3 Å². The molecule has 0 atom stereocenters. The average molecular weight is 318 g/mol. The van der Waals surface area contributed by atoms with Gasteiger partial charge in [0.1, 0.15) is 5.75 Å². The first-order chi connectivity index (χ1) is 9.67. The molecule has 6 heteroatoms. The molecule has 20 heavy (non-hydrogen) atoms. The van der Waals surface area contributed by atoms with E-state index >= 15 is 0 Å². The minimum atomic E-state index is -0.0478. The summed E-state index contributed by atoms with van der Waals surface area (Å²) in [6, 6.07) is 5.24. The average Bonchev–Trinajstić information content (AvgIpc) is 2.43. The highest BCUT2D eigenvalue weighted by Crippen LogP contribution is 2.22. The summed E-state index contributed by atoms with van der Waals surface area (Å²) < 4.78 is 5.20. The van der Waals surface area contributed by atoms with Crippen molar-refractivity contribution in [2.75, 3.05) is 31.8 Å². The van der Waals surface area contributed by atoms with Gasteiger partial charge in [-0.25, -0.2) is 0 Å². The Kier molecular flexibility index (Phi) is 8.49. The zero-order chi connectivity index (χ0) is 14.8. The molecule has 0 unspecified atom stereocenters. The number of aliphatic hydroxyl groups is 1. The highest BCUT2D eigenvalue weighted by molar-refractivity contribution is 7.99. The van der Waals surface area contributed by atoms with Gasteiger partial charge in [0.05, 0.1) is 13.5 Å². The van der Waals surface area contributed by atoms with Crippen molar-refractivity contribution in [1.82, 2.24) is 5.32 Å². The molecule has 1 amide bonds. The molecule has 0 fully saturated rings. The van der Waals surface area contributed by atoms with Gasteiger partial charge in [-0.15, -0.1) is 0 Å². The van der Waals surface area contributed by atoms with E-state index in [-0.39, 0.29) is 18.9 Å². The van der Waals surface area contributed by atoms with E-state index in [2.05, 4.69) is 5.32 Å². The molecule has 1 aromatic rings. The fraction of sp³-hybridized carbons (Fsp3) is 0.500. The number of hydrogen-bond donors (Lipinski definition) is 2. The van der Waals surface area contributed by atoms with Crippen LogP contribution >= 0.6 is 23.4 Å². The van der Waals surface area contributed by atoms with Gasteiger partial charge in [0, 0.05) is 29.5 Å². The Morgan fingerprint density at radius 3 is 2.95 bits per heavy atom. The molecule has 1 aromatic carbocycles. The van der Waals surface area contributed by atoms with Crippen molar-refractivity contribution in [2.24, 2.45) is 0 Å². The Morgan fingerprint density at radius 1 is 1.45 bits per heavy atom. The van der Waals surface area contributed by atoms with E-state index in [1.807, 2.05) is 0 Å². The van der Waals surface area contributed by atoms with Crippen LogP contribution in [0.4, 0.5) is 0 Å². The Balaban J connectivity index is 2.33. The molecule has 4 nitrogen and oxygen atoms in total. The molecular weight excluding hydrogens is 298 g/mol. The highest BCUT2D eigenvalue weighted by atomic mass is 35.5. The standard InChI is InChI=1S/C14H20ClNO3S/c1-19-13-4-3-12(15)9-11(13)10-14(18)16-5-8-20-7-2-6-17/h3-4,9,17H,2,5-8,10H2,1H3,(H,16,18). The van der Waals surface area contributed by atoms with Crippen LogP contribution in [-0.2, 0) is 11.2 Å². The first-order valence-electron chi connectivity index (χ1n) is 6.45. The molecular formula is C14H20ClNO3S. The summed E-state index contributed by atoms with van der Waals surface area (Å²) in [5.41, 5.74) is 0.783. The number of nitrogens with one attached hydrogen (secondary N) is 1. The molecule has 0 aromatic heterocycles. The van der Waals surface area contributed by atoms with E-state index in [1.54, 1.807) is 37.1 Å².